The summed E-state index contributed by atoms with van der Waals surface area (Å²) in [6.45, 7) is 12.5. The van der Waals surface area contributed by atoms with Gasteiger partial charge in [-0.1, -0.05) is 52.0 Å². The Labute approximate surface area is 327 Å². The molecule has 4 aromatic heterocycles. The highest BCUT2D eigenvalue weighted by Gasteiger charge is 2.21. The van der Waals surface area contributed by atoms with E-state index in [2.05, 4.69) is 109 Å². The molecular weight excluding hydrogens is 709 g/mol. The highest BCUT2D eigenvalue weighted by molar-refractivity contribution is 5.80. The van der Waals surface area contributed by atoms with Crippen molar-refractivity contribution in [3.05, 3.63) is 143 Å². The molecule has 0 saturated carbocycles. The van der Waals surface area contributed by atoms with Crippen molar-refractivity contribution in [1.82, 2.24) is 59.9 Å². The third-order valence-electron chi connectivity index (χ3n) is 10.7. The number of fused-ring (bicyclic) bond motifs is 3. The number of benzene rings is 6. The van der Waals surface area contributed by atoms with Crippen LogP contribution in [0.25, 0.3) is 84.3 Å². The second-order valence-electron chi connectivity index (χ2n) is 14.6. The van der Waals surface area contributed by atoms with Gasteiger partial charge in [-0.3, -0.25) is 0 Å². The van der Waals surface area contributed by atoms with Crippen LogP contribution in [0.3, 0.4) is 0 Å². The molecule has 0 amide bonds. The second-order valence-corrected chi connectivity index (χ2v) is 14.6. The Morgan fingerprint density at radius 1 is 0.333 bits per heavy atom. The Balaban J connectivity index is 1.14. The quantitative estimate of drug-likeness (QED) is 0.164. The fourth-order valence-electron chi connectivity index (χ4n) is 7.69. The van der Waals surface area contributed by atoms with Crippen molar-refractivity contribution in [3.63, 3.8) is 0 Å². The summed E-state index contributed by atoms with van der Waals surface area (Å²) < 4.78 is 5.68. The van der Waals surface area contributed by atoms with E-state index in [-0.39, 0.29) is 0 Å². The topological polar surface area (TPSA) is 131 Å². The van der Waals surface area contributed by atoms with E-state index in [1.54, 1.807) is 0 Å². The molecule has 10 rings (SSSR count). The number of hydrogen-bond donors (Lipinski definition) is 0. The van der Waals surface area contributed by atoms with Crippen LogP contribution in [0.4, 0.5) is 0 Å². The summed E-state index contributed by atoms with van der Waals surface area (Å²) in [6.07, 6.45) is 0. The summed E-state index contributed by atoms with van der Waals surface area (Å²) in [5, 5.41) is 26.7. The molecule has 0 fully saturated rings. The number of aryl methyl sites for hydroxylation is 6. The van der Waals surface area contributed by atoms with Crippen molar-refractivity contribution in [2.45, 2.75) is 41.5 Å². The maximum atomic E-state index is 5.22. The molecule has 12 nitrogen and oxygen atoms in total. The van der Waals surface area contributed by atoms with E-state index >= 15 is 0 Å². The van der Waals surface area contributed by atoms with Gasteiger partial charge in [0.15, 0.2) is 17.5 Å². The number of hydrogen-bond acceptors (Lipinski definition) is 9. The molecule has 0 radical (unpaired) electrons. The smallest absolute Gasteiger partial charge is 0.164 e. The molecule has 12 heteroatoms. The van der Waals surface area contributed by atoms with Crippen LogP contribution in [-0.2, 0) is 0 Å². The van der Waals surface area contributed by atoms with Gasteiger partial charge in [0, 0.05) is 16.7 Å². The standard InChI is InChI=1S/C45H36N12/c1-25-22-40(55-37-16-10-7-13-34(37)49-52-55)28(4)19-31(25)43-46-44(32-20-29(5)41(23-26(32)2)56-38-17-11-8-14-35(38)50-53-56)48-45(47-43)33-21-30(6)42(24-27(33)3)57-39-18-12-9-15-36(39)51-54-57/h7-24H,1-6H3. The fourth-order valence-corrected chi connectivity index (χ4v) is 7.69. The van der Waals surface area contributed by atoms with E-state index in [9.17, 15) is 0 Å². The van der Waals surface area contributed by atoms with Gasteiger partial charge >= 0.3 is 0 Å². The van der Waals surface area contributed by atoms with Crippen LogP contribution in [0.15, 0.2) is 109 Å². The molecule has 57 heavy (non-hydrogen) atoms. The van der Waals surface area contributed by atoms with Crippen LogP contribution < -0.4 is 0 Å². The van der Waals surface area contributed by atoms with Gasteiger partial charge in [-0.25, -0.2) is 29.0 Å². The van der Waals surface area contributed by atoms with Crippen LogP contribution in [0.5, 0.6) is 0 Å². The summed E-state index contributed by atoms with van der Waals surface area (Å²) in [7, 11) is 0. The van der Waals surface area contributed by atoms with Crippen molar-refractivity contribution in [2.75, 3.05) is 0 Å². The van der Waals surface area contributed by atoms with Gasteiger partial charge in [-0.15, -0.1) is 15.3 Å². The maximum absolute atomic E-state index is 5.22. The van der Waals surface area contributed by atoms with Gasteiger partial charge in [0.2, 0.25) is 0 Å². The van der Waals surface area contributed by atoms with Crippen molar-refractivity contribution in [1.29, 1.82) is 0 Å². The highest BCUT2D eigenvalue weighted by Crippen LogP contribution is 2.35. The second kappa shape index (κ2) is 13.1. The molecule has 10 aromatic rings. The Hall–Kier alpha value is -7.47. The molecule has 0 saturated heterocycles. The van der Waals surface area contributed by atoms with Crippen LogP contribution in [0.1, 0.15) is 33.4 Å². The molecular formula is C45H36N12. The SMILES string of the molecule is Cc1cc(-n2nnc3ccccc32)c(C)cc1-c1nc(-c2cc(C)c(-n3nnc4ccccc43)cc2C)nc(-c2cc(C)c(-n3nnc4ccccc43)cc2C)n1. The molecule has 0 N–H and O–H groups in total. The predicted molar refractivity (Wildman–Crippen MR) is 222 cm³/mol. The van der Waals surface area contributed by atoms with Crippen molar-refractivity contribution in [2.24, 2.45) is 0 Å². The van der Waals surface area contributed by atoms with E-state index in [1.165, 1.54) is 0 Å². The minimum absolute atomic E-state index is 0.581. The number of rotatable bonds is 6. The molecule has 6 aromatic carbocycles. The maximum Gasteiger partial charge on any atom is 0.164 e. The Kier molecular flexibility index (Phi) is 7.82. The summed E-state index contributed by atoms with van der Waals surface area (Å²) in [5.41, 5.74) is 17.0. The average molecular weight is 745 g/mol. The largest absolute Gasteiger partial charge is 0.213 e. The summed E-state index contributed by atoms with van der Waals surface area (Å²) in [6, 6.07) is 36.7. The fraction of sp³-hybridized carbons (Fsp3) is 0.133. The first kappa shape index (κ1) is 34.1. The van der Waals surface area contributed by atoms with E-state index in [0.717, 1.165) is 100 Å². The van der Waals surface area contributed by atoms with Crippen LogP contribution in [-0.4, -0.2) is 59.9 Å². The van der Waals surface area contributed by atoms with Gasteiger partial charge in [0.1, 0.15) is 16.6 Å². The molecule has 0 aliphatic heterocycles. The molecule has 276 valence electrons. The molecule has 0 aliphatic carbocycles. The van der Waals surface area contributed by atoms with Crippen molar-refractivity contribution in [3.8, 4) is 51.2 Å². The molecule has 4 heterocycles. The van der Waals surface area contributed by atoms with Gasteiger partial charge < -0.3 is 0 Å². The molecule has 0 bridgehead atoms. The highest BCUT2D eigenvalue weighted by atomic mass is 15.4. The van der Waals surface area contributed by atoms with E-state index in [0.29, 0.717) is 17.5 Å². The van der Waals surface area contributed by atoms with E-state index < -0.39 is 0 Å². The molecule has 0 aliphatic rings. The van der Waals surface area contributed by atoms with E-state index in [1.807, 2.05) is 86.8 Å². The number of para-hydroxylation sites is 3. The monoisotopic (exact) mass is 744 g/mol. The van der Waals surface area contributed by atoms with Crippen LogP contribution in [0, 0.1) is 41.5 Å². The third-order valence-corrected chi connectivity index (χ3v) is 10.7. The van der Waals surface area contributed by atoms with Crippen molar-refractivity contribution < 1.29 is 0 Å². The summed E-state index contributed by atoms with van der Waals surface area (Å²) in [5.74, 6) is 1.74. The lowest BCUT2D eigenvalue weighted by atomic mass is 10.00. The van der Waals surface area contributed by atoms with Crippen LogP contribution in [0.2, 0.25) is 0 Å². The Bertz CT molecular complexity index is 2870. The Morgan fingerprint density at radius 3 is 0.912 bits per heavy atom. The molecule has 0 spiro atoms. The number of aromatic nitrogens is 12. The first-order valence-corrected chi connectivity index (χ1v) is 18.8. The lowest BCUT2D eigenvalue weighted by molar-refractivity contribution is 0.818. The van der Waals surface area contributed by atoms with Crippen LogP contribution >= 0.6 is 0 Å². The van der Waals surface area contributed by atoms with Crippen molar-refractivity contribution >= 4 is 33.1 Å². The molecule has 0 atom stereocenters. The number of nitrogens with zero attached hydrogens (tertiary/aromatic N) is 12. The lowest BCUT2D eigenvalue weighted by Crippen LogP contribution is -2.07. The first-order chi connectivity index (χ1) is 27.7. The lowest BCUT2D eigenvalue weighted by Gasteiger charge is -2.17. The van der Waals surface area contributed by atoms with Gasteiger partial charge in [0.25, 0.3) is 0 Å². The summed E-state index contributed by atoms with van der Waals surface area (Å²) >= 11 is 0. The minimum Gasteiger partial charge on any atom is -0.213 e. The zero-order chi connectivity index (χ0) is 38.9. The first-order valence-electron chi connectivity index (χ1n) is 18.8. The predicted octanol–water partition coefficient (Wildman–Crippen LogP) is 8.92. The van der Waals surface area contributed by atoms with Gasteiger partial charge in [0.05, 0.1) is 33.6 Å². The average Bonchev–Trinajstić information content (AvgIpc) is 3.97. The molecule has 0 unspecified atom stereocenters. The zero-order valence-electron chi connectivity index (χ0n) is 32.3. The normalized spacial score (nSPS) is 11.7. The minimum atomic E-state index is 0.581. The third kappa shape index (κ3) is 5.64. The van der Waals surface area contributed by atoms with Gasteiger partial charge in [-0.05, 0) is 148 Å². The van der Waals surface area contributed by atoms with Gasteiger partial charge in [-0.2, -0.15) is 0 Å². The summed E-state index contributed by atoms with van der Waals surface area (Å²) in [4.78, 5) is 15.7. The van der Waals surface area contributed by atoms with E-state index in [4.69, 9.17) is 15.0 Å². The zero-order valence-corrected chi connectivity index (χ0v) is 32.3. The Morgan fingerprint density at radius 2 is 0.614 bits per heavy atom.